The second kappa shape index (κ2) is 8.22. The van der Waals surface area contributed by atoms with Crippen molar-refractivity contribution >= 4 is 21.6 Å². The predicted octanol–water partition coefficient (Wildman–Crippen LogP) is 3.45. The number of ether oxygens (including phenoxy) is 1. The summed E-state index contributed by atoms with van der Waals surface area (Å²) in [6.07, 6.45) is 3.10. The van der Waals surface area contributed by atoms with Crippen LogP contribution in [0.3, 0.4) is 0 Å². The summed E-state index contributed by atoms with van der Waals surface area (Å²) in [5.41, 5.74) is 1.65. The van der Waals surface area contributed by atoms with E-state index in [-0.39, 0.29) is 10.8 Å². The molecule has 0 unspecified atom stereocenters. The van der Waals surface area contributed by atoms with Crippen molar-refractivity contribution in [3.05, 3.63) is 53.6 Å². The number of methoxy groups -OCH3 is 1. The molecule has 2 aromatic carbocycles. The summed E-state index contributed by atoms with van der Waals surface area (Å²) in [5.74, 6) is 0.361. The summed E-state index contributed by atoms with van der Waals surface area (Å²) >= 11 is 0. The van der Waals surface area contributed by atoms with Crippen molar-refractivity contribution in [2.24, 2.45) is 0 Å². The van der Waals surface area contributed by atoms with Crippen LogP contribution in [0.1, 0.15) is 35.2 Å². The van der Waals surface area contributed by atoms with Gasteiger partial charge in [-0.15, -0.1) is 0 Å². The maximum Gasteiger partial charge on any atom is 0.264 e. The molecule has 0 saturated carbocycles. The molecule has 0 spiro atoms. The molecule has 1 aliphatic rings. The summed E-state index contributed by atoms with van der Waals surface area (Å²) in [6.45, 7) is 3.27. The number of nitrogens with zero attached hydrogens (tertiary/aromatic N) is 2. The summed E-state index contributed by atoms with van der Waals surface area (Å²) in [4.78, 5) is 14.8. The molecule has 7 heteroatoms. The van der Waals surface area contributed by atoms with Crippen LogP contribution in [0.4, 0.5) is 5.69 Å². The highest BCUT2D eigenvalue weighted by Crippen LogP contribution is 2.31. The van der Waals surface area contributed by atoms with Crippen LogP contribution >= 0.6 is 0 Å². The van der Waals surface area contributed by atoms with Gasteiger partial charge in [0.05, 0.1) is 17.7 Å². The first-order chi connectivity index (χ1) is 13.4. The van der Waals surface area contributed by atoms with Crippen molar-refractivity contribution in [3.63, 3.8) is 0 Å². The second-order valence-electron chi connectivity index (χ2n) is 6.97. The molecule has 0 radical (unpaired) electrons. The Morgan fingerprint density at radius 3 is 2.43 bits per heavy atom. The minimum absolute atomic E-state index is 0.0897. The molecule has 1 amide bonds. The number of hydrogen-bond acceptors (Lipinski definition) is 4. The van der Waals surface area contributed by atoms with Gasteiger partial charge in [-0.25, -0.2) is 8.42 Å². The third-order valence-electron chi connectivity index (χ3n) is 5.17. The summed E-state index contributed by atoms with van der Waals surface area (Å²) in [7, 11) is -0.860. The zero-order valence-corrected chi connectivity index (χ0v) is 17.3. The van der Waals surface area contributed by atoms with Gasteiger partial charge in [0, 0.05) is 25.7 Å². The highest BCUT2D eigenvalue weighted by Gasteiger charge is 2.26. The highest BCUT2D eigenvalue weighted by atomic mass is 32.2. The number of hydrogen-bond donors (Lipinski definition) is 0. The van der Waals surface area contributed by atoms with Crippen molar-refractivity contribution in [1.82, 2.24) is 4.90 Å². The molecule has 0 atom stereocenters. The van der Waals surface area contributed by atoms with Crippen LogP contribution in [-0.2, 0) is 10.0 Å². The van der Waals surface area contributed by atoms with E-state index in [1.165, 1.54) is 24.5 Å². The van der Waals surface area contributed by atoms with Gasteiger partial charge in [0.25, 0.3) is 15.9 Å². The normalized spacial score (nSPS) is 14.6. The van der Waals surface area contributed by atoms with Crippen LogP contribution in [0.2, 0.25) is 0 Å². The molecule has 1 aliphatic heterocycles. The quantitative estimate of drug-likeness (QED) is 0.768. The largest absolute Gasteiger partial charge is 0.495 e. The van der Waals surface area contributed by atoms with Gasteiger partial charge in [0.2, 0.25) is 0 Å². The molecular weight excluding hydrogens is 376 g/mol. The van der Waals surface area contributed by atoms with E-state index in [2.05, 4.69) is 0 Å². The van der Waals surface area contributed by atoms with E-state index in [4.69, 9.17) is 4.74 Å². The Labute approximate surface area is 166 Å². The molecule has 0 N–H and O–H groups in total. The molecule has 3 rings (SSSR count). The van der Waals surface area contributed by atoms with E-state index in [1.807, 2.05) is 11.8 Å². The number of rotatable bonds is 5. The van der Waals surface area contributed by atoms with Crippen LogP contribution in [0.25, 0.3) is 0 Å². The first kappa shape index (κ1) is 20.2. The van der Waals surface area contributed by atoms with E-state index < -0.39 is 10.0 Å². The van der Waals surface area contributed by atoms with Gasteiger partial charge in [0.15, 0.2) is 0 Å². The van der Waals surface area contributed by atoms with Crippen LogP contribution in [0, 0.1) is 6.92 Å². The second-order valence-corrected chi connectivity index (χ2v) is 8.94. The fourth-order valence-electron chi connectivity index (χ4n) is 3.44. The van der Waals surface area contributed by atoms with Crippen molar-refractivity contribution in [2.75, 3.05) is 31.6 Å². The molecule has 0 aliphatic carbocycles. The average molecular weight is 403 g/mol. The van der Waals surface area contributed by atoms with E-state index in [1.54, 1.807) is 36.4 Å². The van der Waals surface area contributed by atoms with Gasteiger partial charge >= 0.3 is 0 Å². The molecule has 150 valence electrons. The number of carbonyl (C=O) groups is 1. The molecule has 1 saturated heterocycles. The van der Waals surface area contributed by atoms with Gasteiger partial charge < -0.3 is 9.64 Å². The maximum absolute atomic E-state index is 13.2. The van der Waals surface area contributed by atoms with E-state index >= 15 is 0 Å². The lowest BCUT2D eigenvalue weighted by molar-refractivity contribution is 0.0723. The lowest BCUT2D eigenvalue weighted by atomic mass is 10.1. The van der Waals surface area contributed by atoms with Gasteiger partial charge in [-0.1, -0.05) is 18.2 Å². The summed E-state index contributed by atoms with van der Waals surface area (Å²) in [6, 6.07) is 11.7. The summed E-state index contributed by atoms with van der Waals surface area (Å²) in [5, 5.41) is 0. The van der Waals surface area contributed by atoms with Crippen molar-refractivity contribution in [2.45, 2.75) is 31.1 Å². The molecule has 2 aromatic rings. The Hall–Kier alpha value is -2.54. The van der Waals surface area contributed by atoms with Gasteiger partial charge in [-0.05, 0) is 56.0 Å². The number of likely N-dealkylation sites (tertiary alicyclic amines) is 1. The van der Waals surface area contributed by atoms with Gasteiger partial charge in [0.1, 0.15) is 5.75 Å². The van der Waals surface area contributed by atoms with Crippen molar-refractivity contribution in [1.29, 1.82) is 0 Å². The SMILES string of the molecule is COc1ccccc1N(C)S(=O)(=O)c1ccc(C)c(C(=O)N2CCCCC2)c1. The topological polar surface area (TPSA) is 66.9 Å². The molecule has 28 heavy (non-hydrogen) atoms. The molecule has 1 fully saturated rings. The smallest absolute Gasteiger partial charge is 0.264 e. The number of amides is 1. The highest BCUT2D eigenvalue weighted by molar-refractivity contribution is 7.92. The lowest BCUT2D eigenvalue weighted by Gasteiger charge is -2.27. The Bertz CT molecular complexity index is 966. The van der Waals surface area contributed by atoms with E-state index in [0.29, 0.717) is 17.0 Å². The maximum atomic E-state index is 13.2. The molecular formula is C21H26N2O4S. The molecule has 0 aromatic heterocycles. The minimum Gasteiger partial charge on any atom is -0.495 e. The van der Waals surface area contributed by atoms with Crippen LogP contribution in [0.15, 0.2) is 47.4 Å². The fraction of sp³-hybridized carbons (Fsp3) is 0.381. The Morgan fingerprint density at radius 2 is 1.75 bits per heavy atom. The predicted molar refractivity (Wildman–Crippen MR) is 110 cm³/mol. The fourth-order valence-corrected chi connectivity index (χ4v) is 4.67. The van der Waals surface area contributed by atoms with Crippen LogP contribution < -0.4 is 9.04 Å². The number of benzene rings is 2. The first-order valence-electron chi connectivity index (χ1n) is 9.38. The van der Waals surface area contributed by atoms with Gasteiger partial charge in [-0.2, -0.15) is 0 Å². The number of para-hydroxylation sites is 2. The summed E-state index contributed by atoms with van der Waals surface area (Å²) < 4.78 is 32.9. The third-order valence-corrected chi connectivity index (χ3v) is 6.93. The lowest BCUT2D eigenvalue weighted by Crippen LogP contribution is -2.36. The number of carbonyl (C=O) groups excluding carboxylic acids is 1. The number of aryl methyl sites for hydroxylation is 1. The van der Waals surface area contributed by atoms with Crippen LogP contribution in [0.5, 0.6) is 5.75 Å². The number of piperidine rings is 1. The van der Waals surface area contributed by atoms with Gasteiger partial charge in [-0.3, -0.25) is 9.10 Å². The Balaban J connectivity index is 1.97. The number of anilines is 1. The van der Waals surface area contributed by atoms with Crippen LogP contribution in [-0.4, -0.2) is 46.5 Å². The Kier molecular flexibility index (Phi) is 5.93. The average Bonchev–Trinajstić information content (AvgIpc) is 2.73. The zero-order valence-electron chi connectivity index (χ0n) is 16.5. The molecule has 6 nitrogen and oxygen atoms in total. The van der Waals surface area contributed by atoms with E-state index in [9.17, 15) is 13.2 Å². The third kappa shape index (κ3) is 3.85. The number of sulfonamides is 1. The molecule has 0 bridgehead atoms. The zero-order chi connectivity index (χ0) is 20.3. The first-order valence-corrected chi connectivity index (χ1v) is 10.8. The monoisotopic (exact) mass is 402 g/mol. The van der Waals surface area contributed by atoms with E-state index in [0.717, 1.165) is 37.9 Å². The standard InChI is InChI=1S/C21H26N2O4S/c1-16-11-12-17(15-18(16)21(24)23-13-7-4-8-14-23)28(25,26)22(2)19-9-5-6-10-20(19)27-3/h5-6,9-12,15H,4,7-8,13-14H2,1-3H3. The Morgan fingerprint density at radius 1 is 1.07 bits per heavy atom. The minimum atomic E-state index is -3.85. The van der Waals surface area contributed by atoms with Crippen molar-refractivity contribution < 1.29 is 17.9 Å². The van der Waals surface area contributed by atoms with Crippen molar-refractivity contribution in [3.8, 4) is 5.75 Å². The molecule has 1 heterocycles.